The second-order valence-corrected chi connectivity index (χ2v) is 6.65. The second-order valence-electron chi connectivity index (χ2n) is 6.65. The highest BCUT2D eigenvalue weighted by atomic mass is 16.5. The average molecular weight is 392 g/mol. The zero-order chi connectivity index (χ0) is 20.5. The van der Waals surface area contributed by atoms with Gasteiger partial charge in [0.15, 0.2) is 6.61 Å². The van der Waals surface area contributed by atoms with Gasteiger partial charge in [0.1, 0.15) is 17.2 Å². The number of Topliss-reactive ketones (excluding diaryl/α,β-unsaturated/α-hetero) is 1. The van der Waals surface area contributed by atoms with E-state index in [2.05, 4.69) is 9.97 Å². The predicted molar refractivity (Wildman–Crippen MR) is 109 cm³/mol. The monoisotopic (exact) mass is 392 g/mol. The largest absolute Gasteiger partial charge is 0.497 e. The van der Waals surface area contributed by atoms with Gasteiger partial charge in [-0.05, 0) is 25.1 Å². The summed E-state index contributed by atoms with van der Waals surface area (Å²) in [5.74, 6) is 0.277. The Morgan fingerprint density at radius 2 is 1.79 bits per heavy atom. The smallest absolute Gasteiger partial charge is 0.355 e. The minimum Gasteiger partial charge on any atom is -0.497 e. The van der Waals surface area contributed by atoms with Crippen LogP contribution in [0.25, 0.3) is 21.8 Å². The van der Waals surface area contributed by atoms with Crippen LogP contribution in [0.4, 0.5) is 0 Å². The topological polar surface area (TPSA) is 93.4 Å². The van der Waals surface area contributed by atoms with Gasteiger partial charge < -0.3 is 24.2 Å². The van der Waals surface area contributed by atoms with Gasteiger partial charge in [0.2, 0.25) is 5.78 Å². The van der Waals surface area contributed by atoms with Crippen molar-refractivity contribution < 1.29 is 23.8 Å². The summed E-state index contributed by atoms with van der Waals surface area (Å²) in [6.45, 7) is 1.48. The minimum atomic E-state index is -0.618. The SMILES string of the molecule is COc1cc(OC)c2[nH]c(C(=O)OCC(=O)c3c(C)[nH]c4ccccc34)cc2c1. The van der Waals surface area contributed by atoms with Gasteiger partial charge >= 0.3 is 5.97 Å². The number of benzene rings is 2. The standard InChI is InChI=1S/C22H20N2O5/c1-12-20(15-6-4-5-7-16(15)23-12)18(25)11-29-22(26)17-9-13-8-14(27-2)10-19(28-3)21(13)24-17/h4-10,23-24H,11H2,1-3H3. The summed E-state index contributed by atoms with van der Waals surface area (Å²) in [4.78, 5) is 31.4. The molecule has 2 N–H and O–H groups in total. The maximum absolute atomic E-state index is 12.7. The number of carbonyl (C=O) groups excluding carboxylic acids is 2. The highest BCUT2D eigenvalue weighted by Crippen LogP contribution is 2.31. The summed E-state index contributed by atoms with van der Waals surface area (Å²) in [5, 5.41) is 1.56. The molecular weight excluding hydrogens is 372 g/mol. The van der Waals surface area contributed by atoms with Gasteiger partial charge in [-0.25, -0.2) is 4.79 Å². The lowest BCUT2D eigenvalue weighted by atomic mass is 10.1. The van der Waals surface area contributed by atoms with E-state index in [9.17, 15) is 9.59 Å². The zero-order valence-corrected chi connectivity index (χ0v) is 16.3. The Labute approximate surface area is 166 Å². The highest BCUT2D eigenvalue weighted by Gasteiger charge is 2.19. The number of carbonyl (C=O) groups is 2. The van der Waals surface area contributed by atoms with Crippen molar-refractivity contribution >= 4 is 33.6 Å². The van der Waals surface area contributed by atoms with Crippen molar-refractivity contribution in [3.05, 3.63) is 59.4 Å². The van der Waals surface area contributed by atoms with Crippen molar-refractivity contribution in [2.24, 2.45) is 0 Å². The fourth-order valence-electron chi connectivity index (χ4n) is 3.49. The summed E-state index contributed by atoms with van der Waals surface area (Å²) in [6, 6.07) is 12.7. The number of nitrogens with one attached hydrogen (secondary N) is 2. The van der Waals surface area contributed by atoms with Crippen LogP contribution in [-0.4, -0.2) is 42.5 Å². The third-order valence-corrected chi connectivity index (χ3v) is 4.85. The summed E-state index contributed by atoms with van der Waals surface area (Å²) in [5.41, 5.74) is 3.04. The number of methoxy groups -OCH3 is 2. The van der Waals surface area contributed by atoms with Crippen LogP contribution in [0.5, 0.6) is 11.5 Å². The van der Waals surface area contributed by atoms with Crippen molar-refractivity contribution in [1.29, 1.82) is 0 Å². The molecule has 0 amide bonds. The van der Waals surface area contributed by atoms with E-state index in [1.54, 1.807) is 25.3 Å². The normalized spacial score (nSPS) is 11.0. The van der Waals surface area contributed by atoms with E-state index in [1.807, 2.05) is 31.2 Å². The van der Waals surface area contributed by atoms with Crippen LogP contribution >= 0.6 is 0 Å². The van der Waals surface area contributed by atoms with Gasteiger partial charge in [-0.3, -0.25) is 4.79 Å². The molecule has 0 fully saturated rings. The van der Waals surface area contributed by atoms with Crippen LogP contribution in [-0.2, 0) is 4.74 Å². The van der Waals surface area contributed by atoms with Crippen LogP contribution in [0.1, 0.15) is 26.5 Å². The molecule has 7 heteroatoms. The Balaban J connectivity index is 1.55. The molecule has 0 spiro atoms. The maximum Gasteiger partial charge on any atom is 0.355 e. The molecule has 0 aliphatic carbocycles. The van der Waals surface area contributed by atoms with Crippen molar-refractivity contribution in [3.63, 3.8) is 0 Å². The molecule has 0 saturated heterocycles. The number of para-hydroxylation sites is 1. The number of aromatic amines is 2. The van der Waals surface area contributed by atoms with E-state index in [0.717, 1.165) is 22.0 Å². The fraction of sp³-hybridized carbons (Fsp3) is 0.182. The van der Waals surface area contributed by atoms with Gasteiger partial charge in [0.25, 0.3) is 0 Å². The first-order valence-corrected chi connectivity index (χ1v) is 9.04. The first-order chi connectivity index (χ1) is 14.0. The first kappa shape index (κ1) is 18.6. The summed E-state index contributed by atoms with van der Waals surface area (Å²) in [6.07, 6.45) is 0. The number of rotatable bonds is 6. The summed E-state index contributed by atoms with van der Waals surface area (Å²) < 4.78 is 15.9. The maximum atomic E-state index is 12.7. The molecule has 4 aromatic rings. The van der Waals surface area contributed by atoms with Crippen LogP contribution < -0.4 is 9.47 Å². The summed E-state index contributed by atoms with van der Waals surface area (Å²) >= 11 is 0. The number of H-pyrrole nitrogens is 2. The Bertz CT molecular complexity index is 1230. The lowest BCUT2D eigenvalue weighted by Crippen LogP contribution is -2.15. The van der Waals surface area contributed by atoms with Crippen molar-refractivity contribution in [3.8, 4) is 11.5 Å². The van der Waals surface area contributed by atoms with Crippen LogP contribution in [0.15, 0.2) is 42.5 Å². The second kappa shape index (κ2) is 7.35. The number of ketones is 1. The number of hydrogen-bond donors (Lipinski definition) is 2. The van der Waals surface area contributed by atoms with Crippen molar-refractivity contribution in [2.45, 2.75) is 6.92 Å². The number of aryl methyl sites for hydroxylation is 1. The summed E-state index contributed by atoms with van der Waals surface area (Å²) in [7, 11) is 3.09. The number of hydrogen-bond acceptors (Lipinski definition) is 5. The molecule has 0 aliphatic heterocycles. The van der Waals surface area contributed by atoms with Crippen molar-refractivity contribution in [2.75, 3.05) is 20.8 Å². The van der Waals surface area contributed by atoms with E-state index in [0.29, 0.717) is 22.6 Å². The van der Waals surface area contributed by atoms with Gasteiger partial charge in [-0.15, -0.1) is 0 Å². The quantitative estimate of drug-likeness (QED) is 0.382. The first-order valence-electron chi connectivity index (χ1n) is 9.04. The van der Waals surface area contributed by atoms with Gasteiger partial charge in [0, 0.05) is 33.6 Å². The highest BCUT2D eigenvalue weighted by molar-refractivity contribution is 6.10. The molecule has 0 radical (unpaired) electrons. The molecule has 0 bridgehead atoms. The van der Waals surface area contributed by atoms with Crippen LogP contribution in [0, 0.1) is 6.92 Å². The van der Waals surface area contributed by atoms with Crippen LogP contribution in [0.2, 0.25) is 0 Å². The number of ether oxygens (including phenoxy) is 3. The van der Waals surface area contributed by atoms with Crippen molar-refractivity contribution in [1.82, 2.24) is 9.97 Å². The third-order valence-electron chi connectivity index (χ3n) is 4.85. The van der Waals surface area contributed by atoms with Crippen LogP contribution in [0.3, 0.4) is 0 Å². The molecule has 0 aliphatic rings. The Morgan fingerprint density at radius 1 is 1.00 bits per heavy atom. The molecule has 7 nitrogen and oxygen atoms in total. The molecule has 2 aromatic heterocycles. The number of aromatic nitrogens is 2. The van der Waals surface area contributed by atoms with E-state index in [-0.39, 0.29) is 18.1 Å². The van der Waals surface area contributed by atoms with E-state index >= 15 is 0 Å². The van der Waals surface area contributed by atoms with Gasteiger partial charge in [-0.2, -0.15) is 0 Å². The van der Waals surface area contributed by atoms with E-state index < -0.39 is 5.97 Å². The lowest BCUT2D eigenvalue weighted by Gasteiger charge is -2.05. The molecule has 0 unspecified atom stereocenters. The minimum absolute atomic E-state index is 0.231. The molecular formula is C22H20N2O5. The number of fused-ring (bicyclic) bond motifs is 2. The molecule has 2 heterocycles. The molecule has 4 rings (SSSR count). The Kier molecular flexibility index (Phi) is 4.72. The number of esters is 1. The average Bonchev–Trinajstić information content (AvgIpc) is 3.31. The predicted octanol–water partition coefficient (Wildman–Crippen LogP) is 4.01. The molecule has 29 heavy (non-hydrogen) atoms. The van der Waals surface area contributed by atoms with Gasteiger partial charge in [0.05, 0.1) is 19.7 Å². The van der Waals surface area contributed by atoms with Gasteiger partial charge in [-0.1, -0.05) is 18.2 Å². The molecule has 2 aromatic carbocycles. The van der Waals surface area contributed by atoms with E-state index in [4.69, 9.17) is 14.2 Å². The Hall–Kier alpha value is -3.74. The van der Waals surface area contributed by atoms with E-state index in [1.165, 1.54) is 7.11 Å². The Morgan fingerprint density at radius 3 is 2.55 bits per heavy atom. The molecule has 148 valence electrons. The molecule has 0 atom stereocenters. The fourth-order valence-corrected chi connectivity index (χ4v) is 3.49. The molecule has 0 saturated carbocycles. The zero-order valence-electron chi connectivity index (χ0n) is 16.3. The lowest BCUT2D eigenvalue weighted by molar-refractivity contribution is 0.0470. The third kappa shape index (κ3) is 3.31.